The number of aromatic amines is 1. The molecule has 0 bridgehead atoms. The van der Waals surface area contributed by atoms with Crippen LogP contribution in [0.1, 0.15) is 29.3 Å². The first-order chi connectivity index (χ1) is 12.7. The number of methoxy groups -OCH3 is 2. The zero-order valence-corrected chi connectivity index (χ0v) is 14.7. The molecular formula is C20H19N3O3. The first-order valence-electron chi connectivity index (χ1n) is 8.22. The Morgan fingerprint density at radius 3 is 2.65 bits per heavy atom. The number of hydrogen-bond donors (Lipinski definition) is 1. The Bertz CT molecular complexity index is 958. The Balaban J connectivity index is 2.10. The van der Waals surface area contributed by atoms with Gasteiger partial charge in [-0.3, -0.25) is 4.79 Å². The summed E-state index contributed by atoms with van der Waals surface area (Å²) in [6.07, 6.45) is 0.647. The summed E-state index contributed by atoms with van der Waals surface area (Å²) in [5.41, 5.74) is 3.11. The monoisotopic (exact) mass is 349 g/mol. The predicted octanol–water partition coefficient (Wildman–Crippen LogP) is 3.33. The van der Waals surface area contributed by atoms with Gasteiger partial charge >= 0.3 is 5.97 Å². The van der Waals surface area contributed by atoms with Crippen molar-refractivity contribution in [2.75, 3.05) is 14.2 Å². The molecule has 1 atom stereocenters. The van der Waals surface area contributed by atoms with Gasteiger partial charge in [0.05, 0.1) is 38.1 Å². The van der Waals surface area contributed by atoms with Gasteiger partial charge in [-0.05, 0) is 17.2 Å². The first kappa shape index (κ1) is 17.5. The largest absolute Gasteiger partial charge is 0.494 e. The van der Waals surface area contributed by atoms with E-state index in [0.717, 1.165) is 11.4 Å². The number of carbonyl (C=O) groups excluding carboxylic acids is 1. The van der Waals surface area contributed by atoms with Gasteiger partial charge < -0.3 is 14.5 Å². The highest BCUT2D eigenvalue weighted by Crippen LogP contribution is 2.33. The van der Waals surface area contributed by atoms with Crippen molar-refractivity contribution in [3.05, 3.63) is 59.4 Å². The molecule has 0 fully saturated rings. The number of aromatic nitrogens is 2. The second-order valence-corrected chi connectivity index (χ2v) is 5.86. The Morgan fingerprint density at radius 2 is 2.00 bits per heavy atom. The van der Waals surface area contributed by atoms with Gasteiger partial charge in [0, 0.05) is 6.42 Å². The normalized spacial score (nSPS) is 11.7. The molecule has 1 N–H and O–H groups in total. The lowest BCUT2D eigenvalue weighted by atomic mass is 9.95. The number of nitriles is 1. The third-order valence-corrected chi connectivity index (χ3v) is 4.28. The summed E-state index contributed by atoms with van der Waals surface area (Å²) in [5.74, 6) is 0.255. The number of esters is 1. The summed E-state index contributed by atoms with van der Waals surface area (Å²) in [6.45, 7) is 0. The molecule has 132 valence electrons. The maximum absolute atomic E-state index is 12.2. The van der Waals surface area contributed by atoms with Crippen LogP contribution in [0.5, 0.6) is 5.75 Å². The van der Waals surface area contributed by atoms with Crippen LogP contribution >= 0.6 is 0 Å². The zero-order chi connectivity index (χ0) is 18.5. The third kappa shape index (κ3) is 3.38. The summed E-state index contributed by atoms with van der Waals surface area (Å²) < 4.78 is 10.3. The van der Waals surface area contributed by atoms with Gasteiger partial charge in [-0.1, -0.05) is 36.4 Å². The van der Waals surface area contributed by atoms with Gasteiger partial charge in [-0.15, -0.1) is 0 Å². The number of nitrogens with zero attached hydrogens (tertiary/aromatic N) is 2. The number of benzene rings is 2. The second kappa shape index (κ2) is 7.70. The topological polar surface area (TPSA) is 88.0 Å². The number of hydrogen-bond acceptors (Lipinski definition) is 5. The molecule has 1 unspecified atom stereocenters. The van der Waals surface area contributed by atoms with Gasteiger partial charge in [0.15, 0.2) is 0 Å². The van der Waals surface area contributed by atoms with E-state index in [1.165, 1.54) is 7.11 Å². The molecule has 1 heterocycles. The van der Waals surface area contributed by atoms with Crippen LogP contribution in [0.3, 0.4) is 0 Å². The molecule has 0 aliphatic heterocycles. The number of nitrogens with one attached hydrogen (secondary N) is 1. The van der Waals surface area contributed by atoms with Gasteiger partial charge in [0.2, 0.25) is 0 Å². The van der Waals surface area contributed by atoms with Crippen molar-refractivity contribution in [2.45, 2.75) is 18.8 Å². The van der Waals surface area contributed by atoms with Crippen molar-refractivity contribution in [3.63, 3.8) is 0 Å². The molecule has 0 spiro atoms. The molecule has 0 aliphatic carbocycles. The zero-order valence-electron chi connectivity index (χ0n) is 14.7. The third-order valence-electron chi connectivity index (χ3n) is 4.28. The Morgan fingerprint density at radius 1 is 1.23 bits per heavy atom. The summed E-state index contributed by atoms with van der Waals surface area (Å²) in [4.78, 5) is 20.1. The van der Waals surface area contributed by atoms with Crippen molar-refractivity contribution in [1.82, 2.24) is 9.97 Å². The summed E-state index contributed by atoms with van der Waals surface area (Å²) >= 11 is 0. The quantitative estimate of drug-likeness (QED) is 0.690. The number of ether oxygens (including phenoxy) is 2. The van der Waals surface area contributed by atoms with E-state index in [4.69, 9.17) is 14.7 Å². The molecule has 0 saturated carbocycles. The molecule has 2 aromatic carbocycles. The van der Waals surface area contributed by atoms with E-state index in [1.54, 1.807) is 19.2 Å². The molecule has 0 aliphatic rings. The smallest absolute Gasteiger partial charge is 0.314 e. The van der Waals surface area contributed by atoms with Gasteiger partial charge in [0.25, 0.3) is 0 Å². The molecule has 1 aromatic heterocycles. The molecule has 3 rings (SSSR count). The van der Waals surface area contributed by atoms with Crippen LogP contribution in [0.15, 0.2) is 42.5 Å². The van der Waals surface area contributed by atoms with Crippen LogP contribution in [-0.4, -0.2) is 30.2 Å². The molecule has 0 saturated heterocycles. The van der Waals surface area contributed by atoms with Crippen molar-refractivity contribution in [3.8, 4) is 11.8 Å². The van der Waals surface area contributed by atoms with Crippen LogP contribution in [0.25, 0.3) is 11.0 Å². The SMILES string of the molecule is COC(=O)C(CC#N)c1ccc(OC)c2[nH]c(Cc3ccccc3)nc12. The average Bonchev–Trinajstić information content (AvgIpc) is 3.09. The van der Waals surface area contributed by atoms with Crippen molar-refractivity contribution in [2.24, 2.45) is 0 Å². The van der Waals surface area contributed by atoms with Crippen LogP contribution in [0.2, 0.25) is 0 Å². The standard InChI is InChI=1S/C20H19N3O3/c1-25-16-9-8-14(15(10-11-21)20(24)26-2)18-19(16)23-17(22-18)12-13-6-4-3-5-7-13/h3-9,15H,10,12H2,1-2H3,(H,22,23). The van der Waals surface area contributed by atoms with E-state index in [0.29, 0.717) is 28.8 Å². The first-order valence-corrected chi connectivity index (χ1v) is 8.22. The lowest BCUT2D eigenvalue weighted by Gasteiger charge is -2.13. The Labute approximate surface area is 151 Å². The maximum atomic E-state index is 12.2. The highest BCUT2D eigenvalue weighted by atomic mass is 16.5. The van der Waals surface area contributed by atoms with Gasteiger partial charge in [-0.2, -0.15) is 5.26 Å². The average molecular weight is 349 g/mol. The minimum absolute atomic E-state index is 0.0228. The number of imidazole rings is 1. The highest BCUT2D eigenvalue weighted by Gasteiger charge is 2.26. The van der Waals surface area contributed by atoms with Gasteiger partial charge in [-0.25, -0.2) is 4.98 Å². The Kier molecular flexibility index (Phi) is 5.18. The van der Waals surface area contributed by atoms with E-state index in [9.17, 15) is 4.79 Å². The molecular weight excluding hydrogens is 330 g/mol. The van der Waals surface area contributed by atoms with E-state index in [-0.39, 0.29) is 6.42 Å². The molecule has 6 heteroatoms. The maximum Gasteiger partial charge on any atom is 0.314 e. The van der Waals surface area contributed by atoms with Gasteiger partial charge in [0.1, 0.15) is 17.1 Å². The summed E-state index contributed by atoms with van der Waals surface area (Å²) in [5, 5.41) is 9.10. The van der Waals surface area contributed by atoms with E-state index < -0.39 is 11.9 Å². The molecule has 26 heavy (non-hydrogen) atoms. The van der Waals surface area contributed by atoms with Crippen LogP contribution < -0.4 is 4.74 Å². The molecule has 3 aromatic rings. The van der Waals surface area contributed by atoms with E-state index in [2.05, 4.69) is 16.0 Å². The molecule has 0 amide bonds. The fourth-order valence-electron chi connectivity index (χ4n) is 3.02. The van der Waals surface area contributed by atoms with Crippen LogP contribution in [-0.2, 0) is 16.0 Å². The van der Waals surface area contributed by atoms with Crippen molar-refractivity contribution >= 4 is 17.0 Å². The number of carbonyl (C=O) groups is 1. The van der Waals surface area contributed by atoms with Crippen LogP contribution in [0, 0.1) is 11.3 Å². The lowest BCUT2D eigenvalue weighted by molar-refractivity contribution is -0.142. The molecule has 0 radical (unpaired) electrons. The predicted molar refractivity (Wildman–Crippen MR) is 96.9 cm³/mol. The minimum Gasteiger partial charge on any atom is -0.494 e. The summed E-state index contributed by atoms with van der Waals surface area (Å²) in [6, 6.07) is 15.6. The summed E-state index contributed by atoms with van der Waals surface area (Å²) in [7, 11) is 2.90. The fraction of sp³-hybridized carbons (Fsp3) is 0.250. The second-order valence-electron chi connectivity index (χ2n) is 5.86. The minimum atomic E-state index is -0.689. The van der Waals surface area contributed by atoms with E-state index in [1.807, 2.05) is 30.3 Å². The highest BCUT2D eigenvalue weighted by molar-refractivity contribution is 5.90. The fourth-order valence-corrected chi connectivity index (χ4v) is 3.02. The number of fused-ring (bicyclic) bond motifs is 1. The Hall–Kier alpha value is -3.33. The van der Waals surface area contributed by atoms with Crippen molar-refractivity contribution in [1.29, 1.82) is 5.26 Å². The van der Waals surface area contributed by atoms with Crippen molar-refractivity contribution < 1.29 is 14.3 Å². The number of rotatable bonds is 6. The van der Waals surface area contributed by atoms with E-state index >= 15 is 0 Å². The van der Waals surface area contributed by atoms with Crippen LogP contribution in [0.4, 0.5) is 0 Å². The number of H-pyrrole nitrogens is 1. The molecule has 6 nitrogen and oxygen atoms in total. The lowest BCUT2D eigenvalue weighted by Crippen LogP contribution is -2.14.